The second-order valence-electron chi connectivity index (χ2n) is 13.0. The van der Waals surface area contributed by atoms with Crippen molar-refractivity contribution in [1.29, 1.82) is 0 Å². The number of hydrogen-bond donors (Lipinski definition) is 1. The van der Waals surface area contributed by atoms with Gasteiger partial charge in [-0.15, -0.1) is 0 Å². The summed E-state index contributed by atoms with van der Waals surface area (Å²) in [7, 11) is -1.38. The number of hydrogen-bond acceptors (Lipinski definition) is 5. The number of carbonyl (C=O) groups excluding carboxylic acids is 2. The molecule has 1 saturated heterocycles. The fraction of sp³-hybridized carbons (Fsp3) is 0.364. The predicted octanol–water partition coefficient (Wildman–Crippen LogP) is 7.01. The molecular formula is C33H35Cl2FN4O3Si. The zero-order valence-corrected chi connectivity index (χ0v) is 27.7. The summed E-state index contributed by atoms with van der Waals surface area (Å²) < 4.78 is 21.3. The zero-order valence-electron chi connectivity index (χ0n) is 25.2. The van der Waals surface area contributed by atoms with Gasteiger partial charge in [-0.05, 0) is 71.6 Å². The number of amidine groups is 1. The molecule has 3 aromatic carbocycles. The number of benzene rings is 3. The standard InChI is InChI=1S/C33H35Cl2FN4O3Si/c1-20-8-10-24(36)16-25(20)31-33(27(21-6-5-7-22(34)14-21)17-29-37-38-30(41)18-39(29)31)26-11-9-23(35)15-28(26)40(32(33)42)19-43-12-13-44(2,3)4/h5-11,14-16,27,31H,12-13,17-19H2,1-4H3,(H,38,41)/t27-,31+,33-/m0/s1. The van der Waals surface area contributed by atoms with E-state index in [-0.39, 0.29) is 25.1 Å². The number of nitrogens with zero attached hydrogens (tertiary/aromatic N) is 3. The molecule has 0 aromatic heterocycles. The van der Waals surface area contributed by atoms with Gasteiger partial charge in [-0.3, -0.25) is 14.5 Å². The van der Waals surface area contributed by atoms with Gasteiger partial charge in [0.05, 0.1) is 11.7 Å². The minimum atomic E-state index is -1.38. The molecule has 3 aliphatic heterocycles. The predicted molar refractivity (Wildman–Crippen MR) is 175 cm³/mol. The molecule has 2 amide bonds. The largest absolute Gasteiger partial charge is 0.361 e. The minimum absolute atomic E-state index is 0.0353. The highest BCUT2D eigenvalue weighted by Crippen LogP contribution is 2.62. The maximum Gasteiger partial charge on any atom is 0.259 e. The molecule has 6 rings (SSSR count). The van der Waals surface area contributed by atoms with Crippen molar-refractivity contribution in [2.75, 3.05) is 24.8 Å². The Kier molecular flexibility index (Phi) is 8.11. The molecule has 11 heteroatoms. The Morgan fingerprint density at radius 1 is 1.07 bits per heavy atom. The second kappa shape index (κ2) is 11.6. The van der Waals surface area contributed by atoms with Crippen molar-refractivity contribution in [3.8, 4) is 0 Å². The minimum Gasteiger partial charge on any atom is -0.361 e. The van der Waals surface area contributed by atoms with Gasteiger partial charge in [-0.25, -0.2) is 9.82 Å². The molecule has 0 bridgehead atoms. The Morgan fingerprint density at radius 3 is 2.59 bits per heavy atom. The quantitative estimate of drug-likeness (QED) is 0.220. The van der Waals surface area contributed by atoms with Crippen LogP contribution in [0.1, 0.15) is 40.6 Å². The van der Waals surface area contributed by atoms with Crippen LogP contribution in [0.4, 0.5) is 10.1 Å². The van der Waals surface area contributed by atoms with E-state index in [1.54, 1.807) is 29.2 Å². The maximum atomic E-state index is 15.4. The number of anilines is 1. The van der Waals surface area contributed by atoms with E-state index in [9.17, 15) is 4.79 Å². The number of halogens is 3. The van der Waals surface area contributed by atoms with Gasteiger partial charge in [-0.2, -0.15) is 5.10 Å². The van der Waals surface area contributed by atoms with Gasteiger partial charge in [0.1, 0.15) is 30.3 Å². The van der Waals surface area contributed by atoms with Crippen molar-refractivity contribution < 1.29 is 18.7 Å². The van der Waals surface area contributed by atoms with E-state index in [2.05, 4.69) is 30.2 Å². The summed E-state index contributed by atoms with van der Waals surface area (Å²) in [5.41, 5.74) is 4.93. The third-order valence-corrected chi connectivity index (χ3v) is 11.1. The molecule has 230 valence electrons. The van der Waals surface area contributed by atoms with Gasteiger partial charge < -0.3 is 9.64 Å². The lowest BCUT2D eigenvalue weighted by Crippen LogP contribution is -2.62. The lowest BCUT2D eigenvalue weighted by Gasteiger charge is -2.54. The van der Waals surface area contributed by atoms with Gasteiger partial charge in [0.2, 0.25) is 5.91 Å². The van der Waals surface area contributed by atoms with E-state index in [0.717, 1.165) is 22.7 Å². The summed E-state index contributed by atoms with van der Waals surface area (Å²) in [5, 5.41) is 5.47. The average Bonchev–Trinajstić information content (AvgIpc) is 3.19. The van der Waals surface area contributed by atoms with Crippen LogP contribution in [0, 0.1) is 12.7 Å². The third kappa shape index (κ3) is 5.34. The number of rotatable bonds is 7. The van der Waals surface area contributed by atoms with E-state index in [1.807, 2.05) is 36.1 Å². The lowest BCUT2D eigenvalue weighted by atomic mass is 9.58. The maximum absolute atomic E-state index is 15.4. The first kappa shape index (κ1) is 30.8. The zero-order chi connectivity index (χ0) is 31.4. The number of piperidine rings is 1. The molecule has 1 N–H and O–H groups in total. The number of amides is 2. The molecule has 3 atom stereocenters. The van der Waals surface area contributed by atoms with Crippen molar-refractivity contribution in [1.82, 2.24) is 10.3 Å². The van der Waals surface area contributed by atoms with Crippen molar-refractivity contribution in [3.05, 3.63) is 98.8 Å². The molecule has 3 aliphatic rings. The third-order valence-electron chi connectivity index (χ3n) is 8.93. The normalized spacial score (nSPS) is 23.0. The highest BCUT2D eigenvalue weighted by molar-refractivity contribution is 6.76. The molecule has 0 saturated carbocycles. The highest BCUT2D eigenvalue weighted by Gasteiger charge is 2.65. The number of hydrazone groups is 1. The van der Waals surface area contributed by atoms with Crippen LogP contribution in [0.3, 0.4) is 0 Å². The Hall–Kier alpha value is -3.24. The van der Waals surface area contributed by atoms with Crippen molar-refractivity contribution in [2.24, 2.45) is 5.10 Å². The van der Waals surface area contributed by atoms with Gasteiger partial charge in [-0.1, -0.05) is 67.1 Å². The van der Waals surface area contributed by atoms with Gasteiger partial charge in [0.25, 0.3) is 5.91 Å². The van der Waals surface area contributed by atoms with E-state index in [0.29, 0.717) is 40.2 Å². The highest BCUT2D eigenvalue weighted by atomic mass is 35.5. The van der Waals surface area contributed by atoms with E-state index >= 15 is 9.18 Å². The lowest BCUT2D eigenvalue weighted by molar-refractivity contribution is -0.131. The first-order valence-corrected chi connectivity index (χ1v) is 19.2. The molecule has 0 radical (unpaired) electrons. The molecule has 1 spiro atoms. The van der Waals surface area contributed by atoms with Crippen LogP contribution in [0.25, 0.3) is 0 Å². The van der Waals surface area contributed by atoms with Crippen LogP contribution in [0.5, 0.6) is 0 Å². The number of carbonyl (C=O) groups is 2. The summed E-state index contributed by atoms with van der Waals surface area (Å²) >= 11 is 13.1. The van der Waals surface area contributed by atoms with Crippen molar-refractivity contribution in [2.45, 2.75) is 56.4 Å². The van der Waals surface area contributed by atoms with Gasteiger partial charge in [0.15, 0.2) is 0 Å². The monoisotopic (exact) mass is 652 g/mol. The van der Waals surface area contributed by atoms with Gasteiger partial charge >= 0.3 is 0 Å². The summed E-state index contributed by atoms with van der Waals surface area (Å²) in [4.78, 5) is 31.8. The molecular weight excluding hydrogens is 618 g/mol. The Morgan fingerprint density at radius 2 is 1.84 bits per heavy atom. The summed E-state index contributed by atoms with van der Waals surface area (Å²) in [6.45, 7) is 9.25. The summed E-state index contributed by atoms with van der Waals surface area (Å²) in [5.74, 6) is -0.803. The van der Waals surface area contributed by atoms with Crippen molar-refractivity contribution in [3.63, 3.8) is 0 Å². The number of nitrogens with one attached hydrogen (secondary N) is 1. The molecule has 1 fully saturated rings. The fourth-order valence-electron chi connectivity index (χ4n) is 6.87. The number of aryl methyl sites for hydroxylation is 1. The van der Waals surface area contributed by atoms with E-state index in [1.165, 1.54) is 12.1 Å². The molecule has 0 unspecified atom stereocenters. The fourth-order valence-corrected chi connectivity index (χ4v) is 7.99. The van der Waals surface area contributed by atoms with E-state index < -0.39 is 31.3 Å². The number of ether oxygens (including phenoxy) is 1. The first-order valence-electron chi connectivity index (χ1n) is 14.7. The first-order chi connectivity index (χ1) is 20.9. The topological polar surface area (TPSA) is 74.2 Å². The van der Waals surface area contributed by atoms with Crippen molar-refractivity contribution >= 4 is 54.6 Å². The molecule has 0 aliphatic carbocycles. The Labute approximate surface area is 268 Å². The van der Waals surface area contributed by atoms with E-state index in [4.69, 9.17) is 27.9 Å². The summed E-state index contributed by atoms with van der Waals surface area (Å²) in [6.07, 6.45) is 0.337. The van der Waals surface area contributed by atoms with Gasteiger partial charge in [0, 0.05) is 37.1 Å². The molecule has 44 heavy (non-hydrogen) atoms. The SMILES string of the molecule is Cc1ccc(F)cc1[C@H]1N2CC(=O)NN=C2C[C@@H](c2cccc(Cl)c2)[C@]12C(=O)N(COCC[Si](C)(C)C)c1cc(Cl)ccc12. The van der Waals surface area contributed by atoms with Crippen LogP contribution < -0.4 is 10.3 Å². The molecule has 3 heterocycles. The van der Waals surface area contributed by atoms with Crippen LogP contribution >= 0.6 is 23.2 Å². The Balaban J connectivity index is 1.62. The molecule has 7 nitrogen and oxygen atoms in total. The molecule has 3 aromatic rings. The average molecular weight is 654 g/mol. The smallest absolute Gasteiger partial charge is 0.259 e. The summed E-state index contributed by atoms with van der Waals surface area (Å²) in [6, 6.07) is 17.7. The van der Waals surface area contributed by atoms with Crippen LogP contribution in [0.2, 0.25) is 35.7 Å². The van der Waals surface area contributed by atoms with Crippen LogP contribution in [0.15, 0.2) is 65.8 Å². The van der Waals surface area contributed by atoms with Crippen LogP contribution in [-0.4, -0.2) is 50.5 Å². The number of fused-ring (bicyclic) bond motifs is 3. The van der Waals surface area contributed by atoms with Crippen LogP contribution in [-0.2, 0) is 19.7 Å². The second-order valence-corrected chi connectivity index (χ2v) is 19.5. The Bertz CT molecular complexity index is 1680.